The van der Waals surface area contributed by atoms with Crippen molar-refractivity contribution in [2.24, 2.45) is 22.1 Å². The van der Waals surface area contributed by atoms with E-state index in [0.29, 0.717) is 12.5 Å². The first-order valence-corrected chi connectivity index (χ1v) is 9.58. The molecule has 2 unspecified atom stereocenters. The molecule has 1 aromatic carbocycles. The predicted octanol–water partition coefficient (Wildman–Crippen LogP) is 2.77. The van der Waals surface area contributed by atoms with E-state index in [1.165, 1.54) is 0 Å². The number of ether oxygens (including phenoxy) is 2. The molecule has 0 bridgehead atoms. The first-order chi connectivity index (χ1) is 12.5. The average Bonchev–Trinajstić information content (AvgIpc) is 2.91. The Bertz CT molecular complexity index is 609. The Hall–Kier alpha value is -1.79. The van der Waals surface area contributed by atoms with Gasteiger partial charge in [-0.3, -0.25) is 4.99 Å². The number of nitrogens with zero attached hydrogens (tertiary/aromatic N) is 1. The van der Waals surface area contributed by atoms with Gasteiger partial charge in [0.25, 0.3) is 0 Å². The SMILES string of the molecule is CC(C)Oc1ccc(NC(N)=NCC2CCC3(CCOCC3)C2O)cc1. The second-order valence-electron chi connectivity index (χ2n) is 7.76. The molecular weight excluding hydrogens is 330 g/mol. The van der Waals surface area contributed by atoms with Crippen molar-refractivity contribution in [2.45, 2.75) is 51.7 Å². The molecule has 1 aromatic rings. The number of nitrogens with two attached hydrogens (primary N) is 1. The van der Waals surface area contributed by atoms with Gasteiger partial charge in [-0.1, -0.05) is 0 Å². The molecule has 6 nitrogen and oxygen atoms in total. The monoisotopic (exact) mass is 361 g/mol. The highest BCUT2D eigenvalue weighted by Crippen LogP contribution is 2.48. The average molecular weight is 361 g/mol. The summed E-state index contributed by atoms with van der Waals surface area (Å²) in [4.78, 5) is 4.46. The van der Waals surface area contributed by atoms with Gasteiger partial charge in [0.1, 0.15) is 5.75 Å². The van der Waals surface area contributed by atoms with Crippen LogP contribution >= 0.6 is 0 Å². The molecule has 0 amide bonds. The van der Waals surface area contributed by atoms with E-state index in [1.807, 2.05) is 38.1 Å². The predicted molar refractivity (Wildman–Crippen MR) is 104 cm³/mol. The summed E-state index contributed by atoms with van der Waals surface area (Å²) in [6.45, 7) is 6.06. The normalized spacial score (nSPS) is 25.6. The molecule has 1 heterocycles. The van der Waals surface area contributed by atoms with E-state index in [0.717, 1.165) is 50.3 Å². The summed E-state index contributed by atoms with van der Waals surface area (Å²) in [6.07, 6.45) is 3.80. The summed E-state index contributed by atoms with van der Waals surface area (Å²) in [7, 11) is 0. The fourth-order valence-corrected chi connectivity index (χ4v) is 4.09. The lowest BCUT2D eigenvalue weighted by Crippen LogP contribution is -2.39. The molecule has 6 heteroatoms. The van der Waals surface area contributed by atoms with Crippen LogP contribution in [0, 0.1) is 11.3 Å². The molecule has 4 N–H and O–H groups in total. The van der Waals surface area contributed by atoms with Crippen LogP contribution in [0.3, 0.4) is 0 Å². The molecule has 1 aliphatic heterocycles. The second-order valence-corrected chi connectivity index (χ2v) is 7.76. The summed E-state index contributed by atoms with van der Waals surface area (Å²) < 4.78 is 11.1. The van der Waals surface area contributed by atoms with E-state index in [2.05, 4.69) is 10.3 Å². The lowest BCUT2D eigenvalue weighted by Gasteiger charge is -2.37. The fourth-order valence-electron chi connectivity index (χ4n) is 4.09. The Morgan fingerprint density at radius 2 is 2.00 bits per heavy atom. The van der Waals surface area contributed by atoms with E-state index in [1.54, 1.807) is 0 Å². The first kappa shape index (κ1) is 19.0. The molecule has 1 spiro atoms. The van der Waals surface area contributed by atoms with Crippen LogP contribution in [0.1, 0.15) is 39.5 Å². The summed E-state index contributed by atoms with van der Waals surface area (Å²) in [5.74, 6) is 1.38. The maximum absolute atomic E-state index is 10.8. The Kier molecular flexibility index (Phi) is 6.04. The smallest absolute Gasteiger partial charge is 0.193 e. The summed E-state index contributed by atoms with van der Waals surface area (Å²) in [6, 6.07) is 7.65. The molecule has 0 aromatic heterocycles. The van der Waals surface area contributed by atoms with Gasteiger partial charge in [0.15, 0.2) is 5.96 Å². The zero-order valence-corrected chi connectivity index (χ0v) is 15.8. The number of benzene rings is 1. The minimum atomic E-state index is -0.310. The number of hydrogen-bond donors (Lipinski definition) is 3. The topological polar surface area (TPSA) is 89.1 Å². The van der Waals surface area contributed by atoms with E-state index in [9.17, 15) is 5.11 Å². The van der Waals surface area contributed by atoms with Gasteiger partial charge in [-0.15, -0.1) is 0 Å². The number of aliphatic hydroxyl groups is 1. The van der Waals surface area contributed by atoms with Gasteiger partial charge in [0, 0.05) is 36.8 Å². The van der Waals surface area contributed by atoms with E-state index in [4.69, 9.17) is 15.2 Å². The Balaban J connectivity index is 1.52. The number of rotatable bonds is 5. The molecule has 2 aliphatic rings. The first-order valence-electron chi connectivity index (χ1n) is 9.58. The van der Waals surface area contributed by atoms with Gasteiger partial charge in [-0.2, -0.15) is 0 Å². The van der Waals surface area contributed by atoms with Gasteiger partial charge < -0.3 is 25.6 Å². The third-order valence-corrected chi connectivity index (χ3v) is 5.57. The standard InChI is InChI=1S/C20H31N3O3/c1-14(2)26-17-5-3-16(4-6-17)23-19(21)22-13-15-7-8-20(18(15)24)9-11-25-12-10-20/h3-6,14-15,18,24H,7-13H2,1-2H3,(H3,21,22,23). The third-order valence-electron chi connectivity index (χ3n) is 5.57. The largest absolute Gasteiger partial charge is 0.491 e. The van der Waals surface area contributed by atoms with E-state index in [-0.39, 0.29) is 23.5 Å². The second kappa shape index (κ2) is 8.27. The van der Waals surface area contributed by atoms with Crippen molar-refractivity contribution in [1.82, 2.24) is 0 Å². The van der Waals surface area contributed by atoms with E-state index < -0.39 is 0 Å². The fraction of sp³-hybridized carbons (Fsp3) is 0.650. The Labute approximate surface area is 155 Å². The van der Waals surface area contributed by atoms with Crippen molar-refractivity contribution in [3.05, 3.63) is 24.3 Å². The molecule has 2 fully saturated rings. The zero-order chi connectivity index (χ0) is 18.6. The molecule has 0 radical (unpaired) electrons. The maximum Gasteiger partial charge on any atom is 0.193 e. The van der Waals surface area contributed by atoms with Crippen LogP contribution in [0.5, 0.6) is 5.75 Å². The number of nitrogens with one attached hydrogen (secondary N) is 1. The maximum atomic E-state index is 10.8. The van der Waals surface area contributed by atoms with Gasteiger partial charge in [0.2, 0.25) is 0 Å². The van der Waals surface area contributed by atoms with Crippen molar-refractivity contribution in [2.75, 3.05) is 25.1 Å². The van der Waals surface area contributed by atoms with Crippen LogP contribution in [-0.4, -0.2) is 43.0 Å². The summed E-state index contributed by atoms with van der Waals surface area (Å²) >= 11 is 0. The zero-order valence-electron chi connectivity index (χ0n) is 15.8. The number of aliphatic imine (C=N–C) groups is 1. The van der Waals surface area contributed by atoms with Crippen molar-refractivity contribution in [3.63, 3.8) is 0 Å². The van der Waals surface area contributed by atoms with Crippen molar-refractivity contribution in [3.8, 4) is 5.75 Å². The molecule has 26 heavy (non-hydrogen) atoms. The van der Waals surface area contributed by atoms with Gasteiger partial charge in [0.05, 0.1) is 12.2 Å². The van der Waals surface area contributed by atoms with Crippen molar-refractivity contribution < 1.29 is 14.6 Å². The molecule has 1 aliphatic carbocycles. The lowest BCUT2D eigenvalue weighted by atomic mass is 9.76. The number of aliphatic hydroxyl groups excluding tert-OH is 1. The number of guanidine groups is 1. The quantitative estimate of drug-likeness (QED) is 0.554. The van der Waals surface area contributed by atoms with Crippen LogP contribution < -0.4 is 15.8 Å². The Morgan fingerprint density at radius 3 is 2.65 bits per heavy atom. The third kappa shape index (κ3) is 4.48. The van der Waals surface area contributed by atoms with Gasteiger partial charge in [-0.05, 0) is 63.8 Å². The number of anilines is 1. The van der Waals surface area contributed by atoms with Crippen LogP contribution in [0.25, 0.3) is 0 Å². The number of hydrogen-bond acceptors (Lipinski definition) is 4. The molecule has 144 valence electrons. The van der Waals surface area contributed by atoms with Crippen molar-refractivity contribution in [1.29, 1.82) is 0 Å². The van der Waals surface area contributed by atoms with Crippen LogP contribution in [0.2, 0.25) is 0 Å². The summed E-state index contributed by atoms with van der Waals surface area (Å²) in [5, 5.41) is 13.9. The summed E-state index contributed by atoms with van der Waals surface area (Å²) in [5.41, 5.74) is 6.93. The van der Waals surface area contributed by atoms with Crippen LogP contribution in [0.4, 0.5) is 5.69 Å². The highest BCUT2D eigenvalue weighted by molar-refractivity contribution is 5.92. The molecule has 3 rings (SSSR count). The van der Waals surface area contributed by atoms with Crippen molar-refractivity contribution >= 4 is 11.6 Å². The minimum Gasteiger partial charge on any atom is -0.491 e. The Morgan fingerprint density at radius 1 is 1.31 bits per heavy atom. The molecule has 1 saturated heterocycles. The van der Waals surface area contributed by atoms with E-state index >= 15 is 0 Å². The van der Waals surface area contributed by atoms with Crippen LogP contribution in [-0.2, 0) is 4.74 Å². The molecule has 1 saturated carbocycles. The molecule has 2 atom stereocenters. The minimum absolute atomic E-state index is 0.0346. The highest BCUT2D eigenvalue weighted by Gasteiger charge is 2.47. The van der Waals surface area contributed by atoms with Gasteiger partial charge in [-0.25, -0.2) is 0 Å². The lowest BCUT2D eigenvalue weighted by molar-refractivity contribution is -0.0548. The molecular formula is C20H31N3O3. The van der Waals surface area contributed by atoms with Crippen LogP contribution in [0.15, 0.2) is 29.3 Å². The highest BCUT2D eigenvalue weighted by atomic mass is 16.5. The van der Waals surface area contributed by atoms with Gasteiger partial charge >= 0.3 is 0 Å².